The summed E-state index contributed by atoms with van der Waals surface area (Å²) in [6.07, 6.45) is 2.21. The normalized spacial score (nSPS) is 18.0. The van der Waals surface area contributed by atoms with Crippen LogP contribution in [0.25, 0.3) is 0 Å². The summed E-state index contributed by atoms with van der Waals surface area (Å²) in [6.45, 7) is 9.02. The zero-order valence-electron chi connectivity index (χ0n) is 16.0. The van der Waals surface area contributed by atoms with Crippen molar-refractivity contribution in [3.63, 3.8) is 0 Å². The number of oxime groups is 1. The number of fused-ring (bicyclic) bond motifs is 1. The molecule has 0 aliphatic heterocycles. The summed E-state index contributed by atoms with van der Waals surface area (Å²) in [5.41, 5.74) is 4.78. The van der Waals surface area contributed by atoms with E-state index in [1.807, 2.05) is 0 Å². The Morgan fingerprint density at radius 2 is 1.44 bits per heavy atom. The van der Waals surface area contributed by atoms with Crippen molar-refractivity contribution in [3.05, 3.63) is 68.7 Å². The molecule has 1 aliphatic rings. The highest BCUT2D eigenvalue weighted by Gasteiger charge is 2.38. The summed E-state index contributed by atoms with van der Waals surface area (Å²) >= 11 is 3.65. The number of carboxylic acid groups (broad SMARTS) is 1. The standard InChI is InChI=1S/C22H24BrNO3/c1-21(2)9-10-22(3,4)17-12-18(23)15(11-16(17)21)19(24-27)13-5-7-14(8-6-13)20(25)26/h5-8,11-12,27H,9-10H2,1-4H3,(H,25,26)/b24-19+. The molecule has 0 fully saturated rings. The van der Waals surface area contributed by atoms with Gasteiger partial charge in [-0.25, -0.2) is 4.79 Å². The number of rotatable bonds is 3. The van der Waals surface area contributed by atoms with Crippen molar-refractivity contribution < 1.29 is 15.1 Å². The lowest BCUT2D eigenvalue weighted by Gasteiger charge is -2.42. The van der Waals surface area contributed by atoms with Gasteiger partial charge in [0.2, 0.25) is 0 Å². The summed E-state index contributed by atoms with van der Waals surface area (Å²) in [6, 6.07) is 10.6. The lowest BCUT2D eigenvalue weighted by atomic mass is 9.63. The Morgan fingerprint density at radius 1 is 0.963 bits per heavy atom. The third kappa shape index (κ3) is 3.53. The number of nitrogens with zero attached hydrogens (tertiary/aromatic N) is 1. The topological polar surface area (TPSA) is 69.9 Å². The third-order valence-electron chi connectivity index (χ3n) is 5.70. The van der Waals surface area contributed by atoms with E-state index in [1.165, 1.54) is 23.3 Å². The molecule has 4 nitrogen and oxygen atoms in total. The number of aromatic carboxylic acids is 1. The van der Waals surface area contributed by atoms with Crippen molar-refractivity contribution in [2.45, 2.75) is 51.4 Å². The van der Waals surface area contributed by atoms with E-state index in [0.29, 0.717) is 11.3 Å². The molecule has 0 atom stereocenters. The first-order valence-corrected chi connectivity index (χ1v) is 9.77. The van der Waals surface area contributed by atoms with Crippen LogP contribution in [0.2, 0.25) is 0 Å². The van der Waals surface area contributed by atoms with Crippen LogP contribution in [0.5, 0.6) is 0 Å². The van der Waals surface area contributed by atoms with Gasteiger partial charge in [0.05, 0.1) is 5.56 Å². The molecule has 0 aromatic heterocycles. The van der Waals surface area contributed by atoms with E-state index in [4.69, 9.17) is 5.11 Å². The number of carboxylic acids is 1. The van der Waals surface area contributed by atoms with Crippen molar-refractivity contribution in [2.75, 3.05) is 0 Å². The second kappa shape index (κ2) is 6.79. The third-order valence-corrected chi connectivity index (χ3v) is 6.36. The lowest BCUT2D eigenvalue weighted by Crippen LogP contribution is -2.34. The minimum Gasteiger partial charge on any atom is -0.478 e. The fourth-order valence-corrected chi connectivity index (χ4v) is 4.34. The largest absolute Gasteiger partial charge is 0.478 e. The van der Waals surface area contributed by atoms with Crippen LogP contribution in [0.4, 0.5) is 0 Å². The first-order valence-electron chi connectivity index (χ1n) is 8.97. The number of halogens is 1. The number of hydrogen-bond acceptors (Lipinski definition) is 3. The molecule has 0 bridgehead atoms. The van der Waals surface area contributed by atoms with Crippen molar-refractivity contribution >= 4 is 27.6 Å². The van der Waals surface area contributed by atoms with Crippen LogP contribution in [0, 0.1) is 0 Å². The van der Waals surface area contributed by atoms with Crippen LogP contribution >= 0.6 is 15.9 Å². The number of carbonyl (C=O) groups is 1. The maximum atomic E-state index is 11.1. The minimum atomic E-state index is -0.983. The summed E-state index contributed by atoms with van der Waals surface area (Å²) < 4.78 is 0.863. The maximum Gasteiger partial charge on any atom is 0.335 e. The van der Waals surface area contributed by atoms with Crippen molar-refractivity contribution in [2.24, 2.45) is 5.16 Å². The van der Waals surface area contributed by atoms with E-state index < -0.39 is 5.97 Å². The molecule has 5 heteroatoms. The Balaban J connectivity index is 2.15. The maximum absolute atomic E-state index is 11.1. The molecule has 0 saturated heterocycles. The highest BCUT2D eigenvalue weighted by Crippen LogP contribution is 2.47. The molecule has 1 aliphatic carbocycles. The second-order valence-corrected chi connectivity index (χ2v) is 9.33. The molecule has 2 aromatic carbocycles. The van der Waals surface area contributed by atoms with Gasteiger partial charge in [0.25, 0.3) is 0 Å². The van der Waals surface area contributed by atoms with Crippen LogP contribution in [0.1, 0.15) is 73.1 Å². The first kappa shape index (κ1) is 19.6. The Hall–Kier alpha value is -2.14. The Labute approximate surface area is 168 Å². The molecule has 142 valence electrons. The van der Waals surface area contributed by atoms with E-state index >= 15 is 0 Å². The highest BCUT2D eigenvalue weighted by atomic mass is 79.9. The highest BCUT2D eigenvalue weighted by molar-refractivity contribution is 9.10. The first-order chi connectivity index (χ1) is 12.6. The van der Waals surface area contributed by atoms with Gasteiger partial charge in [0.1, 0.15) is 5.71 Å². The molecule has 2 aromatic rings. The fraction of sp³-hybridized carbons (Fsp3) is 0.364. The average Bonchev–Trinajstić information content (AvgIpc) is 2.61. The summed E-state index contributed by atoms with van der Waals surface area (Å²) in [5.74, 6) is -0.983. The van der Waals surface area contributed by atoms with Crippen LogP contribution in [0.3, 0.4) is 0 Å². The molecular weight excluding hydrogens is 406 g/mol. The molecule has 0 heterocycles. The Bertz CT molecular complexity index is 927. The quantitative estimate of drug-likeness (QED) is 0.372. The number of benzene rings is 2. The van der Waals surface area contributed by atoms with E-state index in [-0.39, 0.29) is 16.4 Å². The molecule has 0 radical (unpaired) electrons. The van der Waals surface area contributed by atoms with Crippen molar-refractivity contribution in [1.82, 2.24) is 0 Å². The molecule has 0 saturated carbocycles. The van der Waals surface area contributed by atoms with Crippen molar-refractivity contribution in [3.8, 4) is 0 Å². The van der Waals surface area contributed by atoms with E-state index in [1.54, 1.807) is 12.1 Å². The predicted molar refractivity (Wildman–Crippen MR) is 110 cm³/mol. The molecule has 0 unspecified atom stereocenters. The van der Waals surface area contributed by atoms with Gasteiger partial charge in [-0.05, 0) is 59.1 Å². The van der Waals surface area contributed by atoms with Gasteiger partial charge in [-0.15, -0.1) is 0 Å². The van der Waals surface area contributed by atoms with Gasteiger partial charge in [-0.2, -0.15) is 0 Å². The zero-order chi connectivity index (χ0) is 20.0. The summed E-state index contributed by atoms with van der Waals surface area (Å²) in [4.78, 5) is 11.1. The van der Waals surface area contributed by atoms with Gasteiger partial charge < -0.3 is 10.3 Å². The van der Waals surface area contributed by atoms with E-state index in [9.17, 15) is 10.0 Å². The Morgan fingerprint density at radius 3 is 1.93 bits per heavy atom. The average molecular weight is 430 g/mol. The fourth-order valence-electron chi connectivity index (χ4n) is 3.81. The summed E-state index contributed by atoms with van der Waals surface area (Å²) in [7, 11) is 0. The molecular formula is C22H24BrNO3. The van der Waals surface area contributed by atoms with Crippen LogP contribution in [-0.4, -0.2) is 22.0 Å². The minimum absolute atomic E-state index is 0.0357. The molecule has 27 heavy (non-hydrogen) atoms. The SMILES string of the molecule is CC1(C)CCC(C)(C)c2cc(/C(=N/O)c3ccc(C(=O)O)cc3)c(Br)cc21. The van der Waals surface area contributed by atoms with E-state index in [0.717, 1.165) is 22.9 Å². The number of hydrogen-bond donors (Lipinski definition) is 2. The van der Waals surface area contributed by atoms with Crippen LogP contribution in [0.15, 0.2) is 46.0 Å². The molecule has 0 spiro atoms. The van der Waals surface area contributed by atoms with Crippen molar-refractivity contribution in [1.29, 1.82) is 0 Å². The smallest absolute Gasteiger partial charge is 0.335 e. The molecule has 0 amide bonds. The Kier molecular flexibility index (Phi) is 4.93. The molecule has 3 rings (SSSR count). The van der Waals surface area contributed by atoms with Gasteiger partial charge in [0.15, 0.2) is 0 Å². The molecule has 2 N–H and O–H groups in total. The lowest BCUT2D eigenvalue weighted by molar-refractivity contribution is 0.0697. The van der Waals surface area contributed by atoms with Gasteiger partial charge in [-0.3, -0.25) is 0 Å². The zero-order valence-corrected chi connectivity index (χ0v) is 17.6. The predicted octanol–water partition coefficient (Wildman–Crippen LogP) is 5.72. The second-order valence-electron chi connectivity index (χ2n) is 8.48. The monoisotopic (exact) mass is 429 g/mol. The van der Waals surface area contributed by atoms with Gasteiger partial charge in [0, 0.05) is 15.6 Å². The van der Waals surface area contributed by atoms with Crippen LogP contribution < -0.4 is 0 Å². The van der Waals surface area contributed by atoms with Gasteiger partial charge >= 0.3 is 5.97 Å². The van der Waals surface area contributed by atoms with Crippen LogP contribution in [-0.2, 0) is 10.8 Å². The van der Waals surface area contributed by atoms with Gasteiger partial charge in [-0.1, -0.05) is 60.9 Å². The summed E-state index contributed by atoms with van der Waals surface area (Å²) in [5, 5.41) is 22.3. The van der Waals surface area contributed by atoms with E-state index in [2.05, 4.69) is 60.9 Å².